The van der Waals surface area contributed by atoms with Gasteiger partial charge < -0.3 is 10.1 Å². The summed E-state index contributed by atoms with van der Waals surface area (Å²) in [7, 11) is 1.56. The van der Waals surface area contributed by atoms with Gasteiger partial charge in [0.2, 0.25) is 0 Å². The van der Waals surface area contributed by atoms with Gasteiger partial charge in [-0.1, -0.05) is 0 Å². The largest absolute Gasteiger partial charge is 0.383 e. The van der Waals surface area contributed by atoms with Crippen LogP contribution in [0.25, 0.3) is 0 Å². The first-order valence-corrected chi connectivity index (χ1v) is 3.09. The van der Waals surface area contributed by atoms with E-state index in [-0.39, 0.29) is 5.84 Å². The monoisotopic (exact) mass is 161 g/mol. The van der Waals surface area contributed by atoms with Gasteiger partial charge in [0, 0.05) is 13.7 Å². The molecule has 0 saturated carbocycles. The van der Waals surface area contributed by atoms with Gasteiger partial charge in [-0.15, -0.1) is 0 Å². The molecule has 0 bridgehead atoms. The minimum Gasteiger partial charge on any atom is -0.383 e. The first-order valence-electron chi connectivity index (χ1n) is 3.09. The lowest BCUT2D eigenvalue weighted by Gasteiger charge is -1.99. The van der Waals surface area contributed by atoms with E-state index in [1.54, 1.807) is 7.11 Å². The van der Waals surface area contributed by atoms with Crippen LogP contribution < -0.4 is 5.32 Å². The van der Waals surface area contributed by atoms with Gasteiger partial charge in [-0.05, 0) is 6.92 Å². The van der Waals surface area contributed by atoms with Crippen molar-refractivity contribution in [1.82, 2.24) is 5.32 Å². The van der Waals surface area contributed by atoms with Crippen molar-refractivity contribution in [3.63, 3.8) is 0 Å². The lowest BCUT2D eigenvalue weighted by atomic mass is 10.6. The van der Waals surface area contributed by atoms with Gasteiger partial charge in [-0.3, -0.25) is 0 Å². The number of nitrogens with zero attached hydrogens (tertiary/aromatic N) is 2. The van der Waals surface area contributed by atoms with E-state index in [4.69, 9.17) is 4.74 Å². The molecule has 0 fully saturated rings. The summed E-state index contributed by atoms with van der Waals surface area (Å²) in [4.78, 5) is 9.79. The number of nitrogens with one attached hydrogen (secondary N) is 1. The number of methoxy groups -OCH3 is 1. The van der Waals surface area contributed by atoms with Gasteiger partial charge in [-0.2, -0.15) is 0 Å². The van der Waals surface area contributed by atoms with E-state index in [0.717, 1.165) is 0 Å². The molecule has 0 aromatic rings. The van der Waals surface area contributed by atoms with E-state index in [2.05, 4.69) is 10.4 Å². The van der Waals surface area contributed by atoms with Crippen LogP contribution in [-0.2, 0) is 4.74 Å². The molecule has 1 N–H and O–H groups in total. The van der Waals surface area contributed by atoms with Crippen molar-refractivity contribution in [1.29, 1.82) is 0 Å². The second kappa shape index (κ2) is 5.60. The van der Waals surface area contributed by atoms with Crippen molar-refractivity contribution in [3.8, 4) is 0 Å². The van der Waals surface area contributed by atoms with Crippen LogP contribution in [0.1, 0.15) is 6.92 Å². The Morgan fingerprint density at radius 3 is 2.91 bits per heavy atom. The Morgan fingerprint density at radius 1 is 1.82 bits per heavy atom. The molecular formula is C5H11N3O3. The van der Waals surface area contributed by atoms with Crippen molar-refractivity contribution in [2.24, 2.45) is 5.10 Å². The second-order valence-corrected chi connectivity index (χ2v) is 1.84. The maximum absolute atomic E-state index is 9.79. The van der Waals surface area contributed by atoms with E-state index in [1.807, 2.05) is 0 Å². The van der Waals surface area contributed by atoms with Crippen LogP contribution in [0, 0.1) is 10.1 Å². The Balaban J connectivity index is 3.51. The minimum absolute atomic E-state index is 0.284. The molecule has 11 heavy (non-hydrogen) atoms. The van der Waals surface area contributed by atoms with E-state index >= 15 is 0 Å². The quantitative estimate of drug-likeness (QED) is 0.204. The summed E-state index contributed by atoms with van der Waals surface area (Å²) in [6.07, 6.45) is 0. The van der Waals surface area contributed by atoms with Gasteiger partial charge in [0.25, 0.3) is 0 Å². The summed E-state index contributed by atoms with van der Waals surface area (Å²) < 4.78 is 4.71. The lowest BCUT2D eigenvalue weighted by Crippen LogP contribution is -2.25. The molecule has 0 spiro atoms. The molecule has 0 atom stereocenters. The number of amidine groups is 1. The molecule has 0 saturated heterocycles. The standard InChI is InChI=1S/C5H11N3O3/c1-5(7-8(9)10)6-3-4-11-2/h3-4H2,1-2H3,(H,6,7). The van der Waals surface area contributed by atoms with Crippen molar-refractivity contribution in [2.75, 3.05) is 20.3 Å². The van der Waals surface area contributed by atoms with E-state index in [9.17, 15) is 10.1 Å². The topological polar surface area (TPSA) is 76.8 Å². The molecule has 0 aromatic heterocycles. The SMILES string of the molecule is COCCN/C(C)=N/[N+](=O)[O-]. The maximum Gasteiger partial charge on any atom is 0.192 e. The third kappa shape index (κ3) is 6.72. The van der Waals surface area contributed by atoms with Crippen LogP contribution >= 0.6 is 0 Å². The zero-order valence-corrected chi connectivity index (χ0v) is 6.53. The summed E-state index contributed by atoms with van der Waals surface area (Å²) in [6, 6.07) is 0. The fraction of sp³-hybridized carbons (Fsp3) is 0.800. The third-order valence-corrected chi connectivity index (χ3v) is 0.919. The van der Waals surface area contributed by atoms with Gasteiger partial charge in [0.05, 0.1) is 11.7 Å². The van der Waals surface area contributed by atoms with E-state index in [0.29, 0.717) is 13.2 Å². The van der Waals surface area contributed by atoms with E-state index in [1.165, 1.54) is 6.92 Å². The van der Waals surface area contributed by atoms with Gasteiger partial charge in [-0.25, -0.2) is 10.1 Å². The number of ether oxygens (including phenoxy) is 1. The summed E-state index contributed by atoms with van der Waals surface area (Å²) in [5.41, 5.74) is 0. The highest BCUT2D eigenvalue weighted by Gasteiger charge is 1.94. The van der Waals surface area contributed by atoms with Crippen molar-refractivity contribution < 1.29 is 9.77 Å². The molecule has 0 aliphatic heterocycles. The molecule has 0 heterocycles. The Kier molecular flexibility index (Phi) is 5.01. The van der Waals surface area contributed by atoms with Gasteiger partial charge >= 0.3 is 0 Å². The highest BCUT2D eigenvalue weighted by Crippen LogP contribution is 1.74. The van der Waals surface area contributed by atoms with E-state index < -0.39 is 5.03 Å². The highest BCUT2D eigenvalue weighted by molar-refractivity contribution is 5.78. The van der Waals surface area contributed by atoms with Gasteiger partial charge in [0.1, 0.15) is 0 Å². The average molecular weight is 161 g/mol. The summed E-state index contributed by atoms with van der Waals surface area (Å²) >= 11 is 0. The minimum atomic E-state index is -0.741. The van der Waals surface area contributed by atoms with Crippen LogP contribution in [0.4, 0.5) is 0 Å². The molecular weight excluding hydrogens is 150 g/mol. The number of hydrazone groups is 1. The highest BCUT2D eigenvalue weighted by atomic mass is 16.7. The van der Waals surface area contributed by atoms with Gasteiger partial charge in [0.15, 0.2) is 10.9 Å². The van der Waals surface area contributed by atoms with Crippen molar-refractivity contribution in [3.05, 3.63) is 10.1 Å². The number of rotatable bonds is 4. The number of hydrogen-bond acceptors (Lipinski definition) is 3. The first kappa shape index (κ1) is 9.83. The molecule has 0 unspecified atom stereocenters. The lowest BCUT2D eigenvalue weighted by molar-refractivity contribution is -0.485. The molecule has 0 rings (SSSR count). The Bertz CT molecular complexity index is 157. The molecule has 0 aromatic carbocycles. The molecule has 0 radical (unpaired) electrons. The van der Waals surface area contributed by atoms with Crippen molar-refractivity contribution >= 4 is 5.84 Å². The maximum atomic E-state index is 9.79. The molecule has 64 valence electrons. The molecule has 0 aliphatic carbocycles. The molecule has 0 amide bonds. The zero-order valence-electron chi connectivity index (χ0n) is 6.53. The normalized spacial score (nSPS) is 11.3. The number of hydrogen-bond donors (Lipinski definition) is 1. The predicted octanol–water partition coefficient (Wildman–Crippen LogP) is -0.167. The van der Waals surface area contributed by atoms with Crippen LogP contribution in [-0.4, -0.2) is 31.1 Å². The average Bonchev–Trinajstić information content (AvgIpc) is 1.86. The summed E-state index contributed by atoms with van der Waals surface area (Å²) in [5.74, 6) is 0.284. The first-order chi connectivity index (χ1) is 5.16. The Morgan fingerprint density at radius 2 is 2.45 bits per heavy atom. The molecule has 0 aliphatic rings. The van der Waals surface area contributed by atoms with Crippen molar-refractivity contribution in [2.45, 2.75) is 6.92 Å². The van der Waals surface area contributed by atoms with Crippen LogP contribution in [0.2, 0.25) is 0 Å². The molecule has 6 nitrogen and oxygen atoms in total. The Hall–Kier alpha value is -1.17. The number of nitro groups is 1. The fourth-order valence-corrected chi connectivity index (χ4v) is 0.492. The Labute approximate surface area is 64.4 Å². The van der Waals surface area contributed by atoms with Crippen LogP contribution in [0.15, 0.2) is 5.10 Å². The summed E-state index contributed by atoms with van der Waals surface area (Å²) in [6.45, 7) is 2.56. The summed E-state index contributed by atoms with van der Waals surface area (Å²) in [5, 5.41) is 14.8. The fourth-order valence-electron chi connectivity index (χ4n) is 0.492. The second-order valence-electron chi connectivity index (χ2n) is 1.84. The third-order valence-electron chi connectivity index (χ3n) is 0.919. The smallest absolute Gasteiger partial charge is 0.192 e. The zero-order chi connectivity index (χ0) is 8.69. The van der Waals surface area contributed by atoms with Crippen LogP contribution in [0.3, 0.4) is 0 Å². The van der Waals surface area contributed by atoms with Crippen LogP contribution in [0.5, 0.6) is 0 Å². The predicted molar refractivity (Wildman–Crippen MR) is 40.0 cm³/mol. The molecule has 6 heteroatoms.